The molecular formula is C11H15N3O3. The summed E-state index contributed by atoms with van der Waals surface area (Å²) in [7, 11) is 0. The summed E-state index contributed by atoms with van der Waals surface area (Å²) in [6, 6.07) is 5.14. The molecule has 0 spiro atoms. The average molecular weight is 237 g/mol. The van der Waals surface area contributed by atoms with Gasteiger partial charge in [0.1, 0.15) is 0 Å². The summed E-state index contributed by atoms with van der Waals surface area (Å²) in [6.07, 6.45) is 1.49. The van der Waals surface area contributed by atoms with Crippen molar-refractivity contribution in [3.8, 4) is 11.5 Å². The molecule has 0 radical (unpaired) electrons. The van der Waals surface area contributed by atoms with Crippen molar-refractivity contribution in [3.63, 3.8) is 0 Å². The lowest BCUT2D eigenvalue weighted by Crippen LogP contribution is -2.20. The fourth-order valence-electron chi connectivity index (χ4n) is 1.23. The van der Waals surface area contributed by atoms with Gasteiger partial charge >= 0.3 is 0 Å². The van der Waals surface area contributed by atoms with E-state index in [0.717, 1.165) is 5.56 Å². The molecule has 0 aliphatic rings. The minimum absolute atomic E-state index is 0.190. The van der Waals surface area contributed by atoms with E-state index in [9.17, 15) is 4.79 Å². The molecule has 1 rings (SSSR count). The van der Waals surface area contributed by atoms with Crippen LogP contribution in [0.3, 0.4) is 0 Å². The molecular weight excluding hydrogens is 222 g/mol. The molecule has 0 heterocycles. The summed E-state index contributed by atoms with van der Waals surface area (Å²) in [5, 5.41) is 3.42. The van der Waals surface area contributed by atoms with Gasteiger partial charge < -0.3 is 21.1 Å². The Labute approximate surface area is 99.2 Å². The molecule has 6 heteroatoms. The van der Waals surface area contributed by atoms with E-state index in [4.69, 9.17) is 21.1 Å². The van der Waals surface area contributed by atoms with Crippen molar-refractivity contribution in [3.05, 3.63) is 23.8 Å². The van der Waals surface area contributed by atoms with E-state index in [0.29, 0.717) is 18.1 Å². The average Bonchev–Trinajstić information content (AvgIpc) is 2.28. The molecule has 1 amide bonds. The first-order valence-electron chi connectivity index (χ1n) is 5.08. The van der Waals surface area contributed by atoms with Gasteiger partial charge in [0.15, 0.2) is 18.1 Å². The molecule has 0 atom stereocenters. The van der Waals surface area contributed by atoms with Crippen LogP contribution in [0, 0.1) is 0 Å². The number of primary amides is 1. The third-order valence-electron chi connectivity index (χ3n) is 1.86. The van der Waals surface area contributed by atoms with Crippen molar-refractivity contribution in [2.24, 2.45) is 16.7 Å². The molecule has 92 valence electrons. The second-order valence-corrected chi connectivity index (χ2v) is 3.17. The maximum absolute atomic E-state index is 10.6. The van der Waals surface area contributed by atoms with E-state index in [1.54, 1.807) is 18.2 Å². The van der Waals surface area contributed by atoms with E-state index in [1.165, 1.54) is 6.21 Å². The molecule has 0 aromatic heterocycles. The maximum Gasteiger partial charge on any atom is 0.255 e. The van der Waals surface area contributed by atoms with Crippen LogP contribution in [-0.4, -0.2) is 25.3 Å². The van der Waals surface area contributed by atoms with Crippen LogP contribution >= 0.6 is 0 Å². The highest BCUT2D eigenvalue weighted by Gasteiger charge is 2.07. The highest BCUT2D eigenvalue weighted by atomic mass is 16.5. The maximum atomic E-state index is 10.6. The van der Waals surface area contributed by atoms with Crippen LogP contribution in [-0.2, 0) is 4.79 Å². The molecule has 0 saturated heterocycles. The summed E-state index contributed by atoms with van der Waals surface area (Å²) in [6.45, 7) is 2.14. The van der Waals surface area contributed by atoms with Gasteiger partial charge in [-0.05, 0) is 30.7 Å². The van der Waals surface area contributed by atoms with Crippen molar-refractivity contribution in [2.45, 2.75) is 6.92 Å². The van der Waals surface area contributed by atoms with Crippen LogP contribution in [0.4, 0.5) is 0 Å². The Morgan fingerprint density at radius 3 is 2.76 bits per heavy atom. The van der Waals surface area contributed by atoms with Gasteiger partial charge in [-0.3, -0.25) is 4.79 Å². The molecule has 0 bridgehead atoms. The highest BCUT2D eigenvalue weighted by Crippen LogP contribution is 2.27. The molecule has 0 fully saturated rings. The molecule has 0 unspecified atom stereocenters. The van der Waals surface area contributed by atoms with Crippen LogP contribution in [0.2, 0.25) is 0 Å². The molecule has 0 aliphatic heterocycles. The Morgan fingerprint density at radius 2 is 2.18 bits per heavy atom. The van der Waals surface area contributed by atoms with Crippen LogP contribution < -0.4 is 21.1 Å². The number of carbonyl (C=O) groups is 1. The van der Waals surface area contributed by atoms with E-state index >= 15 is 0 Å². The lowest BCUT2D eigenvalue weighted by atomic mass is 10.2. The first-order chi connectivity index (χ1) is 8.17. The number of nitrogens with zero attached hydrogens (tertiary/aromatic N) is 1. The van der Waals surface area contributed by atoms with E-state index in [2.05, 4.69) is 5.10 Å². The highest BCUT2D eigenvalue weighted by molar-refractivity contribution is 5.80. The monoisotopic (exact) mass is 237 g/mol. The molecule has 1 aromatic rings. The third-order valence-corrected chi connectivity index (χ3v) is 1.86. The molecule has 6 nitrogen and oxygen atoms in total. The number of rotatable bonds is 6. The number of hydrazone groups is 1. The number of nitrogens with two attached hydrogens (primary N) is 2. The molecule has 0 saturated carbocycles. The van der Waals surface area contributed by atoms with Gasteiger partial charge in [0.2, 0.25) is 0 Å². The van der Waals surface area contributed by atoms with Gasteiger partial charge in [0.05, 0.1) is 12.8 Å². The smallest absolute Gasteiger partial charge is 0.255 e. The first kappa shape index (κ1) is 12.8. The van der Waals surface area contributed by atoms with Crippen molar-refractivity contribution in [1.29, 1.82) is 0 Å². The normalized spacial score (nSPS) is 10.4. The Kier molecular flexibility index (Phi) is 4.80. The zero-order valence-corrected chi connectivity index (χ0v) is 9.55. The quantitative estimate of drug-likeness (QED) is 0.420. The fourth-order valence-corrected chi connectivity index (χ4v) is 1.23. The minimum Gasteiger partial charge on any atom is -0.490 e. The summed E-state index contributed by atoms with van der Waals surface area (Å²) < 4.78 is 10.6. The van der Waals surface area contributed by atoms with Crippen LogP contribution in [0.5, 0.6) is 11.5 Å². The van der Waals surface area contributed by atoms with E-state index in [1.807, 2.05) is 6.92 Å². The standard InChI is InChI=1S/C11H15N3O3/c1-2-16-10-5-8(6-14-13)3-4-9(10)17-7-11(12)15/h3-6H,2,7,13H2,1H3,(H2,12,15). The molecule has 17 heavy (non-hydrogen) atoms. The predicted molar refractivity (Wildman–Crippen MR) is 64.1 cm³/mol. The van der Waals surface area contributed by atoms with Gasteiger partial charge in [-0.1, -0.05) is 0 Å². The number of benzene rings is 1. The Hall–Kier alpha value is -2.24. The largest absolute Gasteiger partial charge is 0.490 e. The van der Waals surface area contributed by atoms with E-state index in [-0.39, 0.29) is 6.61 Å². The predicted octanol–water partition coefficient (Wildman–Crippen LogP) is 0.242. The van der Waals surface area contributed by atoms with Gasteiger partial charge in [0.25, 0.3) is 5.91 Å². The van der Waals surface area contributed by atoms with Gasteiger partial charge in [-0.15, -0.1) is 0 Å². The molecule has 4 N–H and O–H groups in total. The Bertz CT molecular complexity index is 418. The fraction of sp³-hybridized carbons (Fsp3) is 0.273. The van der Waals surface area contributed by atoms with Crippen molar-refractivity contribution >= 4 is 12.1 Å². The third kappa shape index (κ3) is 4.02. The van der Waals surface area contributed by atoms with Gasteiger partial charge in [0, 0.05) is 0 Å². The summed E-state index contributed by atoms with van der Waals surface area (Å²) in [4.78, 5) is 10.6. The van der Waals surface area contributed by atoms with E-state index < -0.39 is 5.91 Å². The lowest BCUT2D eigenvalue weighted by Gasteiger charge is -2.11. The molecule has 1 aromatic carbocycles. The number of carbonyl (C=O) groups excluding carboxylic acids is 1. The second kappa shape index (κ2) is 6.37. The van der Waals surface area contributed by atoms with Crippen LogP contribution in [0.15, 0.2) is 23.3 Å². The van der Waals surface area contributed by atoms with Gasteiger partial charge in [-0.25, -0.2) is 0 Å². The number of hydrogen-bond donors (Lipinski definition) is 2. The number of ether oxygens (including phenoxy) is 2. The van der Waals surface area contributed by atoms with Crippen LogP contribution in [0.25, 0.3) is 0 Å². The molecule has 0 aliphatic carbocycles. The number of amides is 1. The lowest BCUT2D eigenvalue weighted by molar-refractivity contribution is -0.119. The first-order valence-corrected chi connectivity index (χ1v) is 5.08. The van der Waals surface area contributed by atoms with Gasteiger partial charge in [-0.2, -0.15) is 5.10 Å². The van der Waals surface area contributed by atoms with Crippen LogP contribution in [0.1, 0.15) is 12.5 Å². The zero-order chi connectivity index (χ0) is 12.7. The topological polar surface area (TPSA) is 99.9 Å². The Balaban J connectivity index is 2.90. The Morgan fingerprint density at radius 1 is 1.41 bits per heavy atom. The summed E-state index contributed by atoms with van der Waals surface area (Å²) >= 11 is 0. The van der Waals surface area contributed by atoms with Crippen molar-refractivity contribution in [1.82, 2.24) is 0 Å². The second-order valence-electron chi connectivity index (χ2n) is 3.17. The SMILES string of the molecule is CCOc1cc(C=NN)ccc1OCC(N)=O. The minimum atomic E-state index is -0.542. The summed E-state index contributed by atoms with van der Waals surface area (Å²) in [5.74, 6) is 5.49. The number of hydrogen-bond acceptors (Lipinski definition) is 5. The zero-order valence-electron chi connectivity index (χ0n) is 9.55. The summed E-state index contributed by atoms with van der Waals surface area (Å²) in [5.41, 5.74) is 5.78. The van der Waals surface area contributed by atoms with Crippen molar-refractivity contribution in [2.75, 3.05) is 13.2 Å². The van der Waals surface area contributed by atoms with Crippen molar-refractivity contribution < 1.29 is 14.3 Å².